The van der Waals surface area contributed by atoms with E-state index in [-0.39, 0.29) is 5.91 Å². The lowest BCUT2D eigenvalue weighted by molar-refractivity contribution is -0.0672. The Kier molecular flexibility index (Phi) is 4.58. The molecule has 0 aromatic heterocycles. The summed E-state index contributed by atoms with van der Waals surface area (Å²) in [7, 11) is 0. The summed E-state index contributed by atoms with van der Waals surface area (Å²) < 4.78 is 0. The zero-order chi connectivity index (χ0) is 18.5. The number of carbonyl (C=O) groups is 1. The molecule has 2 N–H and O–H groups in total. The van der Waals surface area contributed by atoms with Gasteiger partial charge < -0.3 is 5.32 Å². The molecule has 140 valence electrons. The van der Waals surface area contributed by atoms with Crippen molar-refractivity contribution in [2.24, 2.45) is 23.2 Å². The van der Waals surface area contributed by atoms with Crippen LogP contribution in [0.2, 0.25) is 0 Å². The van der Waals surface area contributed by atoms with Gasteiger partial charge in [0.15, 0.2) is 5.11 Å². The first-order valence-electron chi connectivity index (χ1n) is 10.0. The van der Waals surface area contributed by atoms with Crippen LogP contribution < -0.4 is 10.6 Å². The smallest absolute Gasteiger partial charge is 0.257 e. The highest BCUT2D eigenvalue weighted by molar-refractivity contribution is 7.80. The molecule has 0 heterocycles. The van der Waals surface area contributed by atoms with Gasteiger partial charge in [0.25, 0.3) is 5.91 Å². The summed E-state index contributed by atoms with van der Waals surface area (Å²) >= 11 is 5.48. The molecule has 1 amide bonds. The zero-order valence-corrected chi connectivity index (χ0v) is 16.9. The standard InChI is InChI=1S/C22H30N2OS/c1-13-4-14(2)6-19(5-13)20(25)24-21(26)23-15(3)22-10-16-7-17(11-22)9-18(8-16)12-22/h4-6,15-18H,7-12H2,1-3H3,(H2,23,24,25,26)/t15-,16?,17?,18?,22?/m1/s1. The molecule has 0 radical (unpaired) electrons. The summed E-state index contributed by atoms with van der Waals surface area (Å²) in [6.07, 6.45) is 8.34. The molecule has 4 aliphatic carbocycles. The Balaban J connectivity index is 1.39. The van der Waals surface area contributed by atoms with Gasteiger partial charge in [0.05, 0.1) is 0 Å². The van der Waals surface area contributed by atoms with Crippen LogP contribution in [0.3, 0.4) is 0 Å². The topological polar surface area (TPSA) is 41.1 Å². The van der Waals surface area contributed by atoms with Crippen molar-refractivity contribution in [2.45, 2.75) is 65.3 Å². The maximum Gasteiger partial charge on any atom is 0.257 e. The van der Waals surface area contributed by atoms with E-state index in [1.165, 1.54) is 38.5 Å². The predicted molar refractivity (Wildman–Crippen MR) is 109 cm³/mol. The maximum absolute atomic E-state index is 12.6. The SMILES string of the molecule is Cc1cc(C)cc(C(=O)NC(=S)N[C@H](C)C23CC4CC(CC(C4)C2)C3)c1. The van der Waals surface area contributed by atoms with Crippen molar-refractivity contribution in [3.63, 3.8) is 0 Å². The molecule has 26 heavy (non-hydrogen) atoms. The Hall–Kier alpha value is -1.42. The van der Waals surface area contributed by atoms with Crippen LogP contribution in [0.25, 0.3) is 0 Å². The molecule has 4 fully saturated rings. The van der Waals surface area contributed by atoms with Crippen molar-refractivity contribution in [3.05, 3.63) is 34.9 Å². The van der Waals surface area contributed by atoms with Crippen molar-refractivity contribution in [1.29, 1.82) is 0 Å². The largest absolute Gasteiger partial charge is 0.359 e. The third kappa shape index (κ3) is 3.40. The van der Waals surface area contributed by atoms with Crippen LogP contribution in [-0.4, -0.2) is 17.1 Å². The zero-order valence-electron chi connectivity index (χ0n) is 16.1. The van der Waals surface area contributed by atoms with Crippen molar-refractivity contribution >= 4 is 23.2 Å². The summed E-state index contributed by atoms with van der Waals surface area (Å²) in [4.78, 5) is 12.6. The van der Waals surface area contributed by atoms with Crippen molar-refractivity contribution in [1.82, 2.24) is 10.6 Å². The fourth-order valence-corrected chi connectivity index (χ4v) is 6.64. The van der Waals surface area contributed by atoms with E-state index in [1.54, 1.807) is 0 Å². The Bertz CT molecular complexity index is 686. The molecule has 0 aliphatic heterocycles. The van der Waals surface area contributed by atoms with E-state index >= 15 is 0 Å². The molecule has 1 aromatic rings. The molecule has 4 bridgehead atoms. The number of thiocarbonyl (C=S) groups is 1. The third-order valence-corrected chi connectivity index (χ3v) is 7.28. The van der Waals surface area contributed by atoms with Gasteiger partial charge in [0, 0.05) is 11.6 Å². The van der Waals surface area contributed by atoms with Gasteiger partial charge in [-0.25, -0.2) is 0 Å². The van der Waals surface area contributed by atoms with Crippen LogP contribution in [0, 0.1) is 37.0 Å². The number of nitrogens with one attached hydrogen (secondary N) is 2. The van der Waals surface area contributed by atoms with Crippen molar-refractivity contribution in [2.75, 3.05) is 0 Å². The number of carbonyl (C=O) groups excluding carboxylic acids is 1. The Labute approximate surface area is 162 Å². The summed E-state index contributed by atoms with van der Waals surface area (Å²) in [6, 6.07) is 6.21. The van der Waals surface area contributed by atoms with Gasteiger partial charge in [-0.05, 0) is 107 Å². The number of rotatable bonds is 3. The van der Waals surface area contributed by atoms with Crippen LogP contribution in [0.1, 0.15) is 66.9 Å². The lowest BCUT2D eigenvalue weighted by atomic mass is 9.48. The number of hydrogen-bond acceptors (Lipinski definition) is 2. The molecular formula is C22H30N2OS. The van der Waals surface area contributed by atoms with Gasteiger partial charge in [-0.3, -0.25) is 10.1 Å². The molecule has 4 saturated carbocycles. The van der Waals surface area contributed by atoms with Crippen LogP contribution >= 0.6 is 12.2 Å². The predicted octanol–water partition coefficient (Wildman–Crippen LogP) is 4.51. The highest BCUT2D eigenvalue weighted by Crippen LogP contribution is 2.61. The van der Waals surface area contributed by atoms with Gasteiger partial charge in [-0.15, -0.1) is 0 Å². The summed E-state index contributed by atoms with van der Waals surface area (Å²) in [5.41, 5.74) is 3.24. The quantitative estimate of drug-likeness (QED) is 0.769. The average molecular weight is 371 g/mol. The van der Waals surface area contributed by atoms with Crippen LogP contribution in [0.4, 0.5) is 0 Å². The van der Waals surface area contributed by atoms with Crippen molar-refractivity contribution in [3.8, 4) is 0 Å². The molecule has 1 atom stereocenters. The maximum atomic E-state index is 12.6. The Morgan fingerprint density at radius 3 is 2.04 bits per heavy atom. The average Bonchev–Trinajstić information content (AvgIpc) is 2.52. The normalized spacial score (nSPS) is 33.0. The van der Waals surface area contributed by atoms with E-state index in [4.69, 9.17) is 12.2 Å². The molecule has 3 nitrogen and oxygen atoms in total. The molecule has 4 aliphatic rings. The minimum absolute atomic E-state index is 0.119. The van der Waals surface area contributed by atoms with E-state index in [1.807, 2.05) is 26.0 Å². The van der Waals surface area contributed by atoms with E-state index in [0.717, 1.165) is 28.9 Å². The minimum atomic E-state index is -0.119. The molecule has 0 saturated heterocycles. The van der Waals surface area contributed by atoms with Crippen molar-refractivity contribution < 1.29 is 4.79 Å². The molecule has 0 spiro atoms. The third-order valence-electron chi connectivity index (χ3n) is 7.06. The second-order valence-corrected chi connectivity index (χ2v) is 9.71. The van der Waals surface area contributed by atoms with Crippen LogP contribution in [-0.2, 0) is 0 Å². The number of hydrogen-bond donors (Lipinski definition) is 2. The molecule has 4 heteroatoms. The summed E-state index contributed by atoms with van der Waals surface area (Å²) in [5.74, 6) is 2.64. The lowest BCUT2D eigenvalue weighted by Crippen LogP contribution is -2.57. The van der Waals surface area contributed by atoms with Crippen LogP contribution in [0.15, 0.2) is 18.2 Å². The summed E-state index contributed by atoms with van der Waals surface area (Å²) in [5, 5.41) is 6.83. The van der Waals surface area contributed by atoms with E-state index in [9.17, 15) is 4.79 Å². The number of benzene rings is 1. The second-order valence-electron chi connectivity index (χ2n) is 9.31. The van der Waals surface area contributed by atoms with Crippen LogP contribution in [0.5, 0.6) is 0 Å². The Morgan fingerprint density at radius 1 is 1.04 bits per heavy atom. The fourth-order valence-electron chi connectivity index (χ4n) is 6.37. The first kappa shape index (κ1) is 18.0. The number of amides is 1. The monoisotopic (exact) mass is 370 g/mol. The Morgan fingerprint density at radius 2 is 1.54 bits per heavy atom. The number of aryl methyl sites for hydroxylation is 2. The van der Waals surface area contributed by atoms with E-state index in [2.05, 4.69) is 23.6 Å². The molecule has 5 rings (SSSR count). The minimum Gasteiger partial charge on any atom is -0.359 e. The molecule has 0 unspecified atom stereocenters. The van der Waals surface area contributed by atoms with E-state index < -0.39 is 0 Å². The van der Waals surface area contributed by atoms with E-state index in [0.29, 0.717) is 22.1 Å². The second kappa shape index (κ2) is 6.63. The highest BCUT2D eigenvalue weighted by atomic mass is 32.1. The molecule has 1 aromatic carbocycles. The fraction of sp³-hybridized carbons (Fsp3) is 0.636. The van der Waals surface area contributed by atoms with Gasteiger partial charge in [0.2, 0.25) is 0 Å². The van der Waals surface area contributed by atoms with Gasteiger partial charge in [0.1, 0.15) is 0 Å². The van der Waals surface area contributed by atoms with Gasteiger partial charge >= 0.3 is 0 Å². The van der Waals surface area contributed by atoms with Gasteiger partial charge in [-0.2, -0.15) is 0 Å². The molecular weight excluding hydrogens is 340 g/mol. The lowest BCUT2D eigenvalue weighted by Gasteiger charge is -2.59. The highest BCUT2D eigenvalue weighted by Gasteiger charge is 2.53. The first-order chi connectivity index (χ1) is 12.3. The summed E-state index contributed by atoms with van der Waals surface area (Å²) in [6.45, 7) is 6.29. The first-order valence-corrected chi connectivity index (χ1v) is 10.4. The van der Waals surface area contributed by atoms with Gasteiger partial charge in [-0.1, -0.05) is 17.2 Å².